The summed E-state index contributed by atoms with van der Waals surface area (Å²) in [4.78, 5) is 13.5. The minimum Gasteiger partial charge on any atom is -0.322 e. The van der Waals surface area contributed by atoms with Crippen molar-refractivity contribution in [3.05, 3.63) is 70.5 Å². The van der Waals surface area contributed by atoms with Crippen molar-refractivity contribution in [2.24, 2.45) is 0 Å². The molecule has 3 aromatic rings. The number of benzene rings is 2. The lowest BCUT2D eigenvalue weighted by Crippen LogP contribution is -2.13. The largest absolute Gasteiger partial charge is 0.322 e. The molecule has 33 heavy (non-hydrogen) atoms. The summed E-state index contributed by atoms with van der Waals surface area (Å²) in [6.45, 7) is 1.88. The molecular weight excluding hydrogens is 484 g/mol. The lowest BCUT2D eigenvalue weighted by molar-refractivity contribution is 0.102. The Labute approximate surface area is 201 Å². The van der Waals surface area contributed by atoms with Gasteiger partial charge in [-0.15, -0.1) is 11.8 Å². The molecule has 0 fully saturated rings. The van der Waals surface area contributed by atoms with Crippen molar-refractivity contribution in [1.82, 2.24) is 9.78 Å². The zero-order valence-electron chi connectivity index (χ0n) is 17.9. The first-order valence-electron chi connectivity index (χ1n) is 9.81. The van der Waals surface area contributed by atoms with Gasteiger partial charge in [0.1, 0.15) is 6.07 Å². The summed E-state index contributed by atoms with van der Waals surface area (Å²) in [5.41, 5.74) is 2.76. The molecule has 0 atom stereocenters. The van der Waals surface area contributed by atoms with Crippen LogP contribution in [0.3, 0.4) is 0 Å². The Morgan fingerprint density at radius 3 is 2.67 bits per heavy atom. The first-order valence-corrected chi connectivity index (χ1v) is 13.0. The van der Waals surface area contributed by atoms with E-state index in [0.717, 1.165) is 16.8 Å². The number of thioether (sulfide) groups is 1. The number of halogens is 1. The summed E-state index contributed by atoms with van der Waals surface area (Å²) < 4.78 is 28.3. The summed E-state index contributed by atoms with van der Waals surface area (Å²) in [7, 11) is -3.45. The van der Waals surface area contributed by atoms with E-state index in [2.05, 4.69) is 16.5 Å². The molecule has 0 aliphatic heterocycles. The second-order valence-electron chi connectivity index (χ2n) is 7.04. The monoisotopic (exact) mass is 504 g/mol. The number of carbonyl (C=O) groups is 1. The molecule has 1 N–H and O–H groups in total. The third-order valence-corrected chi connectivity index (χ3v) is 6.53. The average Bonchev–Trinajstić information content (AvgIpc) is 3.15. The topological polar surface area (TPSA) is 114 Å². The van der Waals surface area contributed by atoms with Crippen LogP contribution >= 0.6 is 23.4 Å². The van der Waals surface area contributed by atoms with E-state index in [0.29, 0.717) is 39.7 Å². The normalized spacial score (nSPS) is 11.2. The number of aromatic nitrogens is 2. The number of anilines is 1. The van der Waals surface area contributed by atoms with Gasteiger partial charge < -0.3 is 5.32 Å². The molecular formula is C22H21ClN4O4S2. The Morgan fingerprint density at radius 1 is 1.27 bits per heavy atom. The zero-order valence-corrected chi connectivity index (χ0v) is 20.3. The van der Waals surface area contributed by atoms with E-state index < -0.39 is 10.1 Å². The summed E-state index contributed by atoms with van der Waals surface area (Å²) >= 11 is 7.35. The molecule has 0 unspecified atom stereocenters. The predicted octanol–water partition coefficient (Wildman–Crippen LogP) is 4.42. The SMILES string of the molecule is Cc1c(C(=O)Nc2ccc(SCCCOS(C)(=O)=O)c(C#N)c2)cnn1-c1ccc(Cl)cc1. The van der Waals surface area contributed by atoms with Gasteiger partial charge >= 0.3 is 0 Å². The van der Waals surface area contributed by atoms with Crippen LogP contribution in [0, 0.1) is 18.3 Å². The van der Waals surface area contributed by atoms with Gasteiger partial charge in [-0.05, 0) is 55.8 Å². The zero-order chi connectivity index (χ0) is 24.0. The molecule has 0 aliphatic rings. The van der Waals surface area contributed by atoms with Crippen LogP contribution in [0.1, 0.15) is 28.0 Å². The van der Waals surface area contributed by atoms with Gasteiger partial charge in [0, 0.05) is 21.4 Å². The van der Waals surface area contributed by atoms with Gasteiger partial charge in [0.15, 0.2) is 0 Å². The number of nitriles is 1. The van der Waals surface area contributed by atoms with Crippen molar-refractivity contribution in [2.45, 2.75) is 18.2 Å². The summed E-state index contributed by atoms with van der Waals surface area (Å²) in [5.74, 6) is 0.244. The maximum atomic E-state index is 12.8. The van der Waals surface area contributed by atoms with E-state index in [9.17, 15) is 18.5 Å². The number of amides is 1. The number of rotatable bonds is 9. The lowest BCUT2D eigenvalue weighted by atomic mass is 10.2. The highest BCUT2D eigenvalue weighted by Gasteiger charge is 2.16. The maximum absolute atomic E-state index is 12.8. The molecule has 0 saturated carbocycles. The third kappa shape index (κ3) is 6.82. The molecule has 0 radical (unpaired) electrons. The Hall–Kier alpha value is -2.84. The molecule has 0 bridgehead atoms. The Kier molecular flexibility index (Phi) is 8.15. The number of carbonyl (C=O) groups excluding carboxylic acids is 1. The fraction of sp³-hybridized carbons (Fsp3) is 0.227. The molecule has 0 aliphatic carbocycles. The van der Waals surface area contributed by atoms with Crippen molar-refractivity contribution in [1.29, 1.82) is 5.26 Å². The van der Waals surface area contributed by atoms with Crippen molar-refractivity contribution >= 4 is 45.1 Å². The van der Waals surface area contributed by atoms with Gasteiger partial charge in [-0.25, -0.2) is 4.68 Å². The average molecular weight is 505 g/mol. The molecule has 1 heterocycles. The summed E-state index contributed by atoms with van der Waals surface area (Å²) in [6, 6.07) is 14.3. The number of hydrogen-bond acceptors (Lipinski definition) is 7. The van der Waals surface area contributed by atoms with Gasteiger partial charge in [0.05, 0.1) is 41.6 Å². The van der Waals surface area contributed by atoms with Crippen LogP contribution in [0.5, 0.6) is 0 Å². The standard InChI is InChI=1S/C22H21ClN4O4S2/c1-15-20(14-25-27(15)19-7-4-17(23)5-8-19)22(28)26-18-6-9-21(16(12-18)13-24)32-11-3-10-31-33(2,29)30/h4-9,12,14H,3,10-11H2,1-2H3,(H,26,28). The van der Waals surface area contributed by atoms with Crippen molar-refractivity contribution in [3.8, 4) is 11.8 Å². The van der Waals surface area contributed by atoms with Gasteiger partial charge in [-0.2, -0.15) is 18.8 Å². The van der Waals surface area contributed by atoms with E-state index in [1.807, 2.05) is 12.1 Å². The minimum absolute atomic E-state index is 0.0882. The third-order valence-electron chi connectivity index (χ3n) is 4.53. The van der Waals surface area contributed by atoms with E-state index in [-0.39, 0.29) is 12.5 Å². The van der Waals surface area contributed by atoms with E-state index in [1.54, 1.807) is 41.9 Å². The Morgan fingerprint density at radius 2 is 2.00 bits per heavy atom. The highest BCUT2D eigenvalue weighted by Crippen LogP contribution is 2.26. The van der Waals surface area contributed by atoms with E-state index >= 15 is 0 Å². The van der Waals surface area contributed by atoms with Crippen LogP contribution < -0.4 is 5.32 Å². The highest BCUT2D eigenvalue weighted by molar-refractivity contribution is 7.99. The molecule has 1 amide bonds. The molecule has 172 valence electrons. The quantitative estimate of drug-likeness (QED) is 0.260. The molecule has 2 aromatic carbocycles. The second-order valence-corrected chi connectivity index (χ2v) is 10.3. The molecule has 3 rings (SSSR count). The Bertz CT molecular complexity index is 1300. The van der Waals surface area contributed by atoms with Crippen LogP contribution in [0.2, 0.25) is 5.02 Å². The van der Waals surface area contributed by atoms with E-state index in [4.69, 9.17) is 15.8 Å². The van der Waals surface area contributed by atoms with Gasteiger partial charge in [0.2, 0.25) is 0 Å². The molecule has 0 saturated heterocycles. The number of hydrogen-bond donors (Lipinski definition) is 1. The van der Waals surface area contributed by atoms with Crippen LogP contribution in [-0.4, -0.2) is 42.7 Å². The molecule has 0 spiro atoms. The van der Waals surface area contributed by atoms with Crippen molar-refractivity contribution in [2.75, 3.05) is 23.9 Å². The number of nitrogens with one attached hydrogen (secondary N) is 1. The first kappa shape index (κ1) is 24.8. The molecule has 8 nitrogen and oxygen atoms in total. The molecule has 1 aromatic heterocycles. The minimum atomic E-state index is -3.45. The fourth-order valence-electron chi connectivity index (χ4n) is 2.95. The summed E-state index contributed by atoms with van der Waals surface area (Å²) in [5, 5.41) is 17.2. The smallest absolute Gasteiger partial charge is 0.264 e. The summed E-state index contributed by atoms with van der Waals surface area (Å²) in [6.07, 6.45) is 3.01. The van der Waals surface area contributed by atoms with Crippen LogP contribution in [-0.2, 0) is 14.3 Å². The number of nitrogens with zero attached hydrogens (tertiary/aromatic N) is 3. The van der Waals surface area contributed by atoms with Gasteiger partial charge in [0.25, 0.3) is 16.0 Å². The van der Waals surface area contributed by atoms with E-state index in [1.165, 1.54) is 18.0 Å². The lowest BCUT2D eigenvalue weighted by Gasteiger charge is -2.09. The molecule has 11 heteroatoms. The maximum Gasteiger partial charge on any atom is 0.264 e. The van der Waals surface area contributed by atoms with Crippen LogP contribution in [0.4, 0.5) is 5.69 Å². The van der Waals surface area contributed by atoms with Crippen molar-refractivity contribution < 1.29 is 17.4 Å². The van der Waals surface area contributed by atoms with Gasteiger partial charge in [-0.1, -0.05) is 11.6 Å². The van der Waals surface area contributed by atoms with Gasteiger partial charge in [-0.3, -0.25) is 8.98 Å². The first-order chi connectivity index (χ1) is 15.7. The van der Waals surface area contributed by atoms with Crippen LogP contribution in [0.15, 0.2) is 53.6 Å². The Balaban J connectivity index is 1.65. The second kappa shape index (κ2) is 10.9. The fourth-order valence-corrected chi connectivity index (χ4v) is 4.40. The van der Waals surface area contributed by atoms with Crippen LogP contribution in [0.25, 0.3) is 5.69 Å². The van der Waals surface area contributed by atoms with Crippen molar-refractivity contribution in [3.63, 3.8) is 0 Å². The highest BCUT2D eigenvalue weighted by atomic mass is 35.5. The predicted molar refractivity (Wildman–Crippen MR) is 129 cm³/mol.